The normalized spacial score (nSPS) is 11.0. The smallest absolute Gasteiger partial charge is 0.282 e. The molecule has 30 heavy (non-hydrogen) atoms. The van der Waals surface area contributed by atoms with E-state index in [2.05, 4.69) is 31.3 Å². The summed E-state index contributed by atoms with van der Waals surface area (Å²) in [7, 11) is -8.04. The van der Waals surface area contributed by atoms with Gasteiger partial charge in [-0.25, -0.2) is 0 Å². The van der Waals surface area contributed by atoms with Crippen LogP contribution in [0.15, 0.2) is 71.0 Å². The van der Waals surface area contributed by atoms with E-state index in [0.717, 1.165) is 17.7 Å². The molecule has 0 atom stereocenters. The molecule has 168 valence electrons. The molecule has 0 amide bonds. The highest BCUT2D eigenvalue weighted by Gasteiger charge is 2.07. The van der Waals surface area contributed by atoms with Gasteiger partial charge in [-0.1, -0.05) is 41.5 Å². The molecule has 0 spiro atoms. The van der Waals surface area contributed by atoms with Crippen molar-refractivity contribution in [2.45, 2.75) is 43.5 Å². The predicted octanol–water partition coefficient (Wildman–Crippen LogP) is 3.16. The van der Waals surface area contributed by atoms with Gasteiger partial charge in [-0.2, -0.15) is 16.8 Å². The van der Waals surface area contributed by atoms with Gasteiger partial charge in [0.15, 0.2) is 0 Å². The predicted molar refractivity (Wildman–Crippen MR) is 118 cm³/mol. The van der Waals surface area contributed by atoms with E-state index in [1.807, 2.05) is 19.9 Å². The van der Waals surface area contributed by atoms with Crippen LogP contribution in [0.25, 0.3) is 0 Å². The van der Waals surface area contributed by atoms with Crippen molar-refractivity contribution in [3.8, 4) is 0 Å². The molecule has 10 heteroatoms. The maximum Gasteiger partial charge on any atom is 0.294 e. The van der Waals surface area contributed by atoms with E-state index in [-0.39, 0.29) is 9.79 Å². The van der Waals surface area contributed by atoms with E-state index in [4.69, 9.17) is 9.11 Å². The first kappa shape index (κ1) is 27.9. The second kappa shape index (κ2) is 13.3. The summed E-state index contributed by atoms with van der Waals surface area (Å²) in [5.41, 5.74) is 7.90. The van der Waals surface area contributed by atoms with Crippen LogP contribution in [0.4, 0.5) is 0 Å². The highest BCUT2D eigenvalue weighted by molar-refractivity contribution is 7.86. The SMILES string of the molecule is C=CCNNC(C)C.Cc1ccc(S(=O)(=O)O)cc1.Cc1ccc(S(=O)(=O)O)cc1. The van der Waals surface area contributed by atoms with Gasteiger partial charge in [-0.3, -0.25) is 20.0 Å². The van der Waals surface area contributed by atoms with Gasteiger partial charge in [0.05, 0.1) is 9.79 Å². The lowest BCUT2D eigenvalue weighted by atomic mass is 10.2. The summed E-state index contributed by atoms with van der Waals surface area (Å²) in [5, 5.41) is 0. The highest BCUT2D eigenvalue weighted by Crippen LogP contribution is 2.09. The molecule has 2 aromatic carbocycles. The van der Waals surface area contributed by atoms with Crippen LogP contribution in [0, 0.1) is 13.8 Å². The number of hydrogen-bond acceptors (Lipinski definition) is 6. The molecule has 2 rings (SSSR count). The largest absolute Gasteiger partial charge is 0.294 e. The van der Waals surface area contributed by atoms with Crippen LogP contribution in [-0.2, 0) is 20.2 Å². The molecule has 8 nitrogen and oxygen atoms in total. The second-order valence-corrected chi connectivity index (χ2v) is 9.39. The minimum absolute atomic E-state index is 0.0666. The van der Waals surface area contributed by atoms with Crippen LogP contribution < -0.4 is 10.9 Å². The Morgan fingerprint density at radius 3 is 1.40 bits per heavy atom. The molecule has 0 heterocycles. The lowest BCUT2D eigenvalue weighted by Crippen LogP contribution is -2.37. The molecule has 0 radical (unpaired) electrons. The standard InChI is InChI=1S/2C7H8O3S.C6H14N2/c2*1-6-2-4-7(5-3-6)11(8,9)10;1-4-5-7-8-6(2)3/h2*2-5H,1H3,(H,8,9,10);4,6-8H,1,5H2,2-3H3. The highest BCUT2D eigenvalue weighted by atomic mass is 32.2. The summed E-state index contributed by atoms with van der Waals surface area (Å²) in [6.45, 7) is 12.2. The first-order chi connectivity index (χ1) is 13.8. The lowest BCUT2D eigenvalue weighted by Gasteiger charge is -2.06. The Kier molecular flexibility index (Phi) is 12.3. The minimum atomic E-state index is -4.02. The van der Waals surface area contributed by atoms with Crippen LogP contribution in [0.1, 0.15) is 25.0 Å². The molecule has 0 aliphatic carbocycles. The van der Waals surface area contributed by atoms with Crippen molar-refractivity contribution in [1.29, 1.82) is 0 Å². The van der Waals surface area contributed by atoms with Crippen molar-refractivity contribution in [1.82, 2.24) is 10.9 Å². The van der Waals surface area contributed by atoms with Crippen molar-refractivity contribution >= 4 is 20.2 Å². The molecular weight excluding hydrogens is 428 g/mol. The van der Waals surface area contributed by atoms with E-state index in [0.29, 0.717) is 6.04 Å². The Morgan fingerprint density at radius 2 is 1.17 bits per heavy atom. The monoisotopic (exact) mass is 458 g/mol. The molecule has 0 aliphatic heterocycles. The number of hydrazine groups is 1. The van der Waals surface area contributed by atoms with Crippen molar-refractivity contribution in [3.63, 3.8) is 0 Å². The Balaban J connectivity index is 0.000000428. The maximum atomic E-state index is 10.5. The van der Waals surface area contributed by atoms with E-state index < -0.39 is 20.2 Å². The number of nitrogens with one attached hydrogen (secondary N) is 2. The van der Waals surface area contributed by atoms with Crippen LogP contribution in [0.3, 0.4) is 0 Å². The first-order valence-electron chi connectivity index (χ1n) is 8.95. The van der Waals surface area contributed by atoms with Crippen molar-refractivity contribution in [2.24, 2.45) is 0 Å². The van der Waals surface area contributed by atoms with Gasteiger partial charge in [-0.15, -0.1) is 6.58 Å². The zero-order valence-corrected chi connectivity index (χ0v) is 19.2. The van der Waals surface area contributed by atoms with Crippen molar-refractivity contribution < 1.29 is 25.9 Å². The van der Waals surface area contributed by atoms with Crippen molar-refractivity contribution in [2.75, 3.05) is 6.54 Å². The average molecular weight is 459 g/mol. The van der Waals surface area contributed by atoms with E-state index in [1.54, 1.807) is 24.3 Å². The minimum Gasteiger partial charge on any atom is -0.282 e. The van der Waals surface area contributed by atoms with Crippen LogP contribution >= 0.6 is 0 Å². The van der Waals surface area contributed by atoms with Crippen LogP contribution in [0.2, 0.25) is 0 Å². The molecule has 0 fully saturated rings. The third-order valence-corrected chi connectivity index (χ3v) is 5.01. The summed E-state index contributed by atoms with van der Waals surface area (Å²) < 4.78 is 59.1. The molecule has 4 N–H and O–H groups in total. The zero-order chi connectivity index (χ0) is 23.4. The number of rotatable bonds is 6. The first-order valence-corrected chi connectivity index (χ1v) is 11.8. The molecule has 0 saturated carbocycles. The molecule has 0 aromatic heterocycles. The Bertz CT molecular complexity index is 895. The van der Waals surface area contributed by atoms with Gasteiger partial charge in [0.2, 0.25) is 0 Å². The van der Waals surface area contributed by atoms with Crippen molar-refractivity contribution in [3.05, 3.63) is 72.3 Å². The lowest BCUT2D eigenvalue weighted by molar-refractivity contribution is 0.481. The van der Waals surface area contributed by atoms with Gasteiger partial charge >= 0.3 is 0 Å². The summed E-state index contributed by atoms with van der Waals surface area (Å²) in [6, 6.07) is 12.5. The fourth-order valence-corrected chi connectivity index (χ4v) is 2.72. The Labute approximate surface area is 179 Å². The van der Waals surface area contributed by atoms with Gasteiger partial charge in [0, 0.05) is 12.6 Å². The van der Waals surface area contributed by atoms with E-state index >= 15 is 0 Å². The molecule has 0 aliphatic rings. The quantitative estimate of drug-likeness (QED) is 0.225. The molecule has 0 saturated heterocycles. The van der Waals surface area contributed by atoms with E-state index in [9.17, 15) is 16.8 Å². The molecular formula is C20H30N2O6S2. The van der Waals surface area contributed by atoms with Gasteiger partial charge < -0.3 is 0 Å². The van der Waals surface area contributed by atoms with Crippen LogP contribution in [0.5, 0.6) is 0 Å². The third kappa shape index (κ3) is 13.2. The van der Waals surface area contributed by atoms with E-state index in [1.165, 1.54) is 24.3 Å². The number of benzene rings is 2. The van der Waals surface area contributed by atoms with Gasteiger partial charge in [0.25, 0.3) is 20.2 Å². The molecule has 2 aromatic rings. The Hall–Kier alpha value is -2.08. The molecule has 0 unspecified atom stereocenters. The maximum absolute atomic E-state index is 10.5. The summed E-state index contributed by atoms with van der Waals surface area (Å²) >= 11 is 0. The topological polar surface area (TPSA) is 133 Å². The third-order valence-electron chi connectivity index (χ3n) is 3.27. The zero-order valence-electron chi connectivity index (χ0n) is 17.5. The average Bonchev–Trinajstić information content (AvgIpc) is 2.62. The fourth-order valence-electron chi connectivity index (χ4n) is 1.76. The summed E-state index contributed by atoms with van der Waals surface area (Å²) in [6.07, 6.45) is 1.81. The summed E-state index contributed by atoms with van der Waals surface area (Å²) in [5.74, 6) is 0. The molecule has 0 bridgehead atoms. The number of hydrogen-bond donors (Lipinski definition) is 4. The van der Waals surface area contributed by atoms with Crippen LogP contribution in [-0.4, -0.2) is 38.5 Å². The van der Waals surface area contributed by atoms with Gasteiger partial charge in [-0.05, 0) is 52.0 Å². The van der Waals surface area contributed by atoms with Gasteiger partial charge in [0.1, 0.15) is 0 Å². The Morgan fingerprint density at radius 1 is 0.833 bits per heavy atom. The number of aryl methyl sites for hydroxylation is 2. The fraction of sp³-hybridized carbons (Fsp3) is 0.300. The second-order valence-electron chi connectivity index (χ2n) is 6.54. The summed E-state index contributed by atoms with van der Waals surface area (Å²) in [4.78, 5) is -0.133.